The molecule has 2 fully saturated rings. The van der Waals surface area contributed by atoms with E-state index in [4.69, 9.17) is 4.74 Å². The Morgan fingerprint density at radius 3 is 2.38 bits per heavy atom. The van der Waals surface area contributed by atoms with E-state index >= 15 is 0 Å². The third-order valence-corrected chi connectivity index (χ3v) is 5.65. The molecule has 0 aliphatic carbocycles. The maximum atomic E-state index is 13.1. The molecule has 0 N–H and O–H groups in total. The normalized spacial score (nSPS) is 19.9. The van der Waals surface area contributed by atoms with Crippen molar-refractivity contribution in [1.82, 2.24) is 14.7 Å². The summed E-state index contributed by atoms with van der Waals surface area (Å²) in [6.07, 6.45) is 0. The molecule has 150 valence electrons. The number of ether oxygens (including phenoxy) is 1. The van der Waals surface area contributed by atoms with Crippen LogP contribution < -0.4 is 4.74 Å². The van der Waals surface area contributed by atoms with Gasteiger partial charge < -0.3 is 14.5 Å². The molecule has 2 aliphatic heterocycles. The molecular formula is C22H23N3O4. The molecule has 29 heavy (non-hydrogen) atoms. The topological polar surface area (TPSA) is 70.2 Å². The summed E-state index contributed by atoms with van der Waals surface area (Å²) in [6, 6.07) is 15.1. The van der Waals surface area contributed by atoms with Gasteiger partial charge in [-0.3, -0.25) is 14.5 Å². The predicted octanol–water partition coefficient (Wildman–Crippen LogP) is 2.55. The number of benzene rings is 2. The Morgan fingerprint density at radius 2 is 1.72 bits per heavy atom. The first kappa shape index (κ1) is 19.0. The maximum absolute atomic E-state index is 13.1. The lowest BCUT2D eigenvalue weighted by atomic mass is 10.1. The van der Waals surface area contributed by atoms with Crippen LogP contribution in [0.3, 0.4) is 0 Å². The molecule has 2 heterocycles. The Balaban J connectivity index is 1.51. The second kappa shape index (κ2) is 7.58. The van der Waals surface area contributed by atoms with Crippen LogP contribution in [0, 0.1) is 0 Å². The van der Waals surface area contributed by atoms with E-state index in [0.29, 0.717) is 24.4 Å². The molecule has 2 aromatic rings. The summed E-state index contributed by atoms with van der Waals surface area (Å²) in [5.74, 6) is 0.272. The van der Waals surface area contributed by atoms with E-state index in [1.807, 2.05) is 37.3 Å². The number of urea groups is 1. The highest BCUT2D eigenvalue weighted by atomic mass is 16.5. The first-order valence-corrected chi connectivity index (χ1v) is 9.63. The van der Waals surface area contributed by atoms with Gasteiger partial charge in [0.2, 0.25) is 0 Å². The van der Waals surface area contributed by atoms with Gasteiger partial charge in [-0.25, -0.2) is 4.79 Å². The zero-order chi connectivity index (χ0) is 20.5. The van der Waals surface area contributed by atoms with Crippen LogP contribution in [0.25, 0.3) is 0 Å². The van der Waals surface area contributed by atoms with Crippen LogP contribution in [-0.4, -0.2) is 65.3 Å². The number of rotatable bonds is 4. The van der Waals surface area contributed by atoms with Gasteiger partial charge in [-0.1, -0.05) is 30.3 Å². The number of piperazine rings is 1. The number of hydrogen-bond donors (Lipinski definition) is 0. The molecule has 2 unspecified atom stereocenters. The molecule has 7 heteroatoms. The standard InChI is InChI=1S/C22H23N3O4/c1-15(16-6-4-3-5-7-16)25-21(27)19-14-23(12-13-24(19)22(25)28)20(26)17-8-10-18(29-2)11-9-17/h3-11,15,19H,12-14H2,1-2H3. The molecule has 2 atom stereocenters. The number of imide groups is 1. The summed E-state index contributed by atoms with van der Waals surface area (Å²) < 4.78 is 5.13. The van der Waals surface area contributed by atoms with E-state index in [9.17, 15) is 14.4 Å². The number of hydrogen-bond acceptors (Lipinski definition) is 4. The molecule has 0 aromatic heterocycles. The highest BCUT2D eigenvalue weighted by molar-refractivity contribution is 6.05. The van der Waals surface area contributed by atoms with Crippen molar-refractivity contribution in [2.45, 2.75) is 19.0 Å². The van der Waals surface area contributed by atoms with Crippen molar-refractivity contribution in [1.29, 1.82) is 0 Å². The molecule has 7 nitrogen and oxygen atoms in total. The smallest absolute Gasteiger partial charge is 0.328 e. The van der Waals surface area contributed by atoms with Gasteiger partial charge >= 0.3 is 6.03 Å². The lowest BCUT2D eigenvalue weighted by molar-refractivity contribution is -0.130. The highest BCUT2D eigenvalue weighted by Gasteiger charge is 2.50. The van der Waals surface area contributed by atoms with Gasteiger partial charge in [0.05, 0.1) is 19.7 Å². The van der Waals surface area contributed by atoms with Crippen molar-refractivity contribution < 1.29 is 19.1 Å². The zero-order valence-electron chi connectivity index (χ0n) is 16.4. The van der Waals surface area contributed by atoms with E-state index in [1.165, 1.54) is 4.90 Å². The average Bonchev–Trinajstić information content (AvgIpc) is 3.03. The number of fused-ring (bicyclic) bond motifs is 1. The van der Waals surface area contributed by atoms with Gasteiger partial charge in [0.15, 0.2) is 0 Å². The van der Waals surface area contributed by atoms with Gasteiger partial charge in [0.1, 0.15) is 11.8 Å². The lowest BCUT2D eigenvalue weighted by Crippen LogP contribution is -2.54. The number of carbonyl (C=O) groups is 3. The predicted molar refractivity (Wildman–Crippen MR) is 106 cm³/mol. The quantitative estimate of drug-likeness (QED) is 0.749. The Hall–Kier alpha value is -3.35. The average molecular weight is 393 g/mol. The summed E-state index contributed by atoms with van der Waals surface area (Å²) >= 11 is 0. The van der Waals surface area contributed by atoms with E-state index in [2.05, 4.69) is 0 Å². The number of amides is 4. The molecule has 0 spiro atoms. The fourth-order valence-corrected chi connectivity index (χ4v) is 3.95. The highest BCUT2D eigenvalue weighted by Crippen LogP contribution is 2.30. The summed E-state index contributed by atoms with van der Waals surface area (Å²) in [4.78, 5) is 43.4. The Bertz CT molecular complexity index is 929. The second-order valence-corrected chi connectivity index (χ2v) is 7.27. The molecule has 0 saturated carbocycles. The molecule has 2 aliphatic rings. The Kier molecular flexibility index (Phi) is 4.96. The summed E-state index contributed by atoms with van der Waals surface area (Å²) in [5.41, 5.74) is 1.44. The van der Waals surface area contributed by atoms with Gasteiger partial charge in [-0.2, -0.15) is 0 Å². The molecule has 0 radical (unpaired) electrons. The summed E-state index contributed by atoms with van der Waals surface area (Å²) in [7, 11) is 1.57. The fraction of sp³-hybridized carbons (Fsp3) is 0.318. The fourth-order valence-electron chi connectivity index (χ4n) is 3.95. The van der Waals surface area contributed by atoms with Crippen LogP contribution in [0.2, 0.25) is 0 Å². The van der Waals surface area contributed by atoms with Crippen molar-refractivity contribution in [2.24, 2.45) is 0 Å². The number of nitrogens with zero attached hydrogens (tertiary/aromatic N) is 3. The van der Waals surface area contributed by atoms with Gasteiger partial charge in [0, 0.05) is 18.7 Å². The molecule has 2 saturated heterocycles. The minimum atomic E-state index is -0.635. The first-order chi connectivity index (χ1) is 14.0. The molecule has 0 bridgehead atoms. The van der Waals surface area contributed by atoms with Crippen LogP contribution >= 0.6 is 0 Å². The van der Waals surface area contributed by atoms with Crippen molar-refractivity contribution >= 4 is 17.8 Å². The SMILES string of the molecule is COc1ccc(C(=O)N2CCN3C(=O)N(C(C)c4ccccc4)C(=O)C3C2)cc1. The monoisotopic (exact) mass is 393 g/mol. The number of methoxy groups -OCH3 is 1. The maximum Gasteiger partial charge on any atom is 0.328 e. The van der Waals surface area contributed by atoms with Crippen LogP contribution in [0.4, 0.5) is 4.79 Å². The third-order valence-electron chi connectivity index (χ3n) is 5.65. The molecule has 4 rings (SSSR count). The molecule has 4 amide bonds. The van der Waals surface area contributed by atoms with Crippen molar-refractivity contribution in [3.63, 3.8) is 0 Å². The van der Waals surface area contributed by atoms with Gasteiger partial charge in [0.25, 0.3) is 11.8 Å². The largest absolute Gasteiger partial charge is 0.497 e. The van der Waals surface area contributed by atoms with Crippen LogP contribution in [0.15, 0.2) is 54.6 Å². The van der Waals surface area contributed by atoms with E-state index in [0.717, 1.165) is 5.56 Å². The van der Waals surface area contributed by atoms with E-state index < -0.39 is 6.04 Å². The Labute approximate surface area is 169 Å². The minimum absolute atomic E-state index is 0.151. The van der Waals surface area contributed by atoms with Crippen LogP contribution in [0.1, 0.15) is 28.9 Å². The van der Waals surface area contributed by atoms with E-state index in [-0.39, 0.29) is 30.4 Å². The zero-order valence-corrected chi connectivity index (χ0v) is 16.4. The van der Waals surface area contributed by atoms with Crippen molar-refractivity contribution in [3.8, 4) is 5.75 Å². The van der Waals surface area contributed by atoms with Gasteiger partial charge in [-0.15, -0.1) is 0 Å². The second-order valence-electron chi connectivity index (χ2n) is 7.27. The molecule has 2 aromatic carbocycles. The van der Waals surface area contributed by atoms with Crippen LogP contribution in [-0.2, 0) is 4.79 Å². The molecular weight excluding hydrogens is 370 g/mol. The minimum Gasteiger partial charge on any atom is -0.497 e. The van der Waals surface area contributed by atoms with E-state index in [1.54, 1.807) is 41.2 Å². The van der Waals surface area contributed by atoms with Gasteiger partial charge in [-0.05, 0) is 36.8 Å². The first-order valence-electron chi connectivity index (χ1n) is 9.63. The lowest BCUT2D eigenvalue weighted by Gasteiger charge is -2.35. The van der Waals surface area contributed by atoms with Crippen molar-refractivity contribution in [2.75, 3.05) is 26.7 Å². The number of carbonyl (C=O) groups excluding carboxylic acids is 3. The Morgan fingerprint density at radius 1 is 1.03 bits per heavy atom. The van der Waals surface area contributed by atoms with Crippen molar-refractivity contribution in [3.05, 3.63) is 65.7 Å². The summed E-state index contributed by atoms with van der Waals surface area (Å²) in [5, 5.41) is 0. The summed E-state index contributed by atoms with van der Waals surface area (Å²) in [6.45, 7) is 2.79. The third kappa shape index (κ3) is 3.33. The van der Waals surface area contributed by atoms with Crippen LogP contribution in [0.5, 0.6) is 5.75 Å².